The number of nitrogens with zero attached hydrogens (tertiary/aromatic N) is 4. The first-order chi connectivity index (χ1) is 17.3. The Kier molecular flexibility index (Phi) is 6.10. The van der Waals surface area contributed by atoms with Crippen molar-refractivity contribution in [2.45, 2.75) is 44.6 Å². The van der Waals surface area contributed by atoms with Gasteiger partial charge in [0.1, 0.15) is 6.17 Å². The first-order valence-electron chi connectivity index (χ1n) is 11.7. The van der Waals surface area contributed by atoms with Crippen molar-refractivity contribution in [3.8, 4) is 0 Å². The van der Waals surface area contributed by atoms with E-state index >= 15 is 0 Å². The minimum Gasteiger partial charge on any atom is -0.466 e. The predicted octanol–water partition coefficient (Wildman–Crippen LogP) is 5.28. The van der Waals surface area contributed by atoms with Crippen LogP contribution in [0.1, 0.15) is 41.3 Å². The number of carbonyl (C=O) groups excluding carboxylic acids is 1. The van der Waals surface area contributed by atoms with Crippen molar-refractivity contribution in [1.82, 2.24) is 15.6 Å². The molecular weight excluding hydrogens is 454 g/mol. The second kappa shape index (κ2) is 9.37. The summed E-state index contributed by atoms with van der Waals surface area (Å²) in [4.78, 5) is 20.8. The van der Waals surface area contributed by atoms with E-state index in [4.69, 9.17) is 10.3 Å². The van der Waals surface area contributed by atoms with Crippen molar-refractivity contribution in [3.63, 3.8) is 0 Å². The molecule has 5 rings (SSSR count). The Balaban J connectivity index is 1.56. The lowest BCUT2D eigenvalue weighted by Gasteiger charge is -2.40. The monoisotopic (exact) mass is 481 g/mol. The molecule has 0 fully saturated rings. The zero-order chi connectivity index (χ0) is 25.3. The van der Waals surface area contributed by atoms with Crippen molar-refractivity contribution in [3.05, 3.63) is 112 Å². The normalized spacial score (nSPS) is 22.0. The minimum atomic E-state index is -0.774. The summed E-state index contributed by atoms with van der Waals surface area (Å²) in [6, 6.07) is 18.6. The van der Waals surface area contributed by atoms with Gasteiger partial charge in [0.25, 0.3) is 0 Å². The van der Waals surface area contributed by atoms with E-state index in [1.807, 2.05) is 57.2 Å². The largest absolute Gasteiger partial charge is 0.466 e. The number of ketones is 1. The standard InChI is InChI=1S/C27H27N7O2/c1-16-6-8-17(9-7-16)21-22-25(30-20-5-4-14-29-15-20)31-27(2,3)32-26(22)36-24(21)23(35)18-10-12-19(13-11-18)33-34-28/h4-15,21,24-25,30-32H,1-3H3. The second-order valence-corrected chi connectivity index (χ2v) is 9.53. The number of rotatable bonds is 6. The minimum absolute atomic E-state index is 0.151. The Morgan fingerprint density at radius 1 is 1.14 bits per heavy atom. The maximum atomic E-state index is 13.8. The number of nitrogens with one attached hydrogen (secondary N) is 3. The van der Waals surface area contributed by atoms with Gasteiger partial charge in [-0.15, -0.1) is 0 Å². The average molecular weight is 482 g/mol. The molecule has 1 aromatic heterocycles. The van der Waals surface area contributed by atoms with Crippen LogP contribution in [0.25, 0.3) is 10.4 Å². The Hall–Kier alpha value is -4.33. The van der Waals surface area contributed by atoms with Crippen molar-refractivity contribution in [2.24, 2.45) is 5.11 Å². The smallest absolute Gasteiger partial charge is 0.204 e. The Morgan fingerprint density at radius 3 is 2.56 bits per heavy atom. The molecule has 0 saturated carbocycles. The van der Waals surface area contributed by atoms with Gasteiger partial charge in [0, 0.05) is 34.1 Å². The van der Waals surface area contributed by atoms with Gasteiger partial charge >= 0.3 is 0 Å². The fraction of sp³-hybridized carbons (Fsp3) is 0.259. The molecular formula is C27H27N7O2. The number of hydrogen-bond donors (Lipinski definition) is 3. The predicted molar refractivity (Wildman–Crippen MR) is 137 cm³/mol. The Bertz CT molecular complexity index is 1350. The van der Waals surface area contributed by atoms with Crippen molar-refractivity contribution in [2.75, 3.05) is 5.32 Å². The van der Waals surface area contributed by atoms with E-state index in [-0.39, 0.29) is 17.9 Å². The molecule has 3 aromatic rings. The van der Waals surface area contributed by atoms with Gasteiger partial charge < -0.3 is 15.4 Å². The van der Waals surface area contributed by atoms with Gasteiger partial charge in [-0.05, 0) is 44.0 Å². The molecule has 0 aliphatic carbocycles. The summed E-state index contributed by atoms with van der Waals surface area (Å²) in [6.07, 6.45) is 2.41. The zero-order valence-corrected chi connectivity index (χ0v) is 20.3. The third kappa shape index (κ3) is 4.62. The third-order valence-electron chi connectivity index (χ3n) is 6.37. The molecule has 9 nitrogen and oxygen atoms in total. The van der Waals surface area contributed by atoms with Crippen LogP contribution in [-0.2, 0) is 4.74 Å². The SMILES string of the molecule is Cc1ccc(C2C3=C(NC(C)(C)NC3Nc3cccnc3)OC2C(=O)c2ccc(N=[N+]=[N-])cc2)cc1. The number of hydrogen-bond acceptors (Lipinski definition) is 7. The molecule has 9 heteroatoms. The van der Waals surface area contributed by atoms with Gasteiger partial charge in [0.05, 0.1) is 17.3 Å². The lowest BCUT2D eigenvalue weighted by molar-refractivity contribution is 0.0620. The number of carbonyl (C=O) groups is 1. The molecule has 0 bridgehead atoms. The van der Waals surface area contributed by atoms with E-state index in [2.05, 4.69) is 31.0 Å². The molecule has 0 radical (unpaired) electrons. The number of aryl methyl sites for hydroxylation is 1. The van der Waals surface area contributed by atoms with Gasteiger partial charge in [-0.2, -0.15) is 0 Å². The van der Waals surface area contributed by atoms with Gasteiger partial charge in [-0.25, -0.2) is 0 Å². The fourth-order valence-corrected chi connectivity index (χ4v) is 4.71. The summed E-state index contributed by atoms with van der Waals surface area (Å²) >= 11 is 0. The summed E-state index contributed by atoms with van der Waals surface area (Å²) < 4.78 is 6.40. The molecule has 3 atom stereocenters. The molecule has 3 heterocycles. The maximum Gasteiger partial charge on any atom is 0.204 e. The van der Waals surface area contributed by atoms with Crippen LogP contribution in [0.5, 0.6) is 0 Å². The van der Waals surface area contributed by atoms with Crippen LogP contribution >= 0.6 is 0 Å². The third-order valence-corrected chi connectivity index (χ3v) is 6.37. The van der Waals surface area contributed by atoms with E-state index in [1.165, 1.54) is 0 Å². The van der Waals surface area contributed by atoms with E-state index in [9.17, 15) is 4.79 Å². The highest BCUT2D eigenvalue weighted by atomic mass is 16.5. The van der Waals surface area contributed by atoms with Crippen LogP contribution in [-0.4, -0.2) is 28.7 Å². The molecule has 0 spiro atoms. The number of benzene rings is 2. The molecule has 2 aromatic carbocycles. The van der Waals surface area contributed by atoms with Crippen LogP contribution in [0, 0.1) is 6.92 Å². The van der Waals surface area contributed by atoms with Crippen LogP contribution in [0.4, 0.5) is 11.4 Å². The topological polar surface area (TPSA) is 124 Å². The van der Waals surface area contributed by atoms with E-state index < -0.39 is 11.8 Å². The van der Waals surface area contributed by atoms with E-state index in [1.54, 1.807) is 36.7 Å². The molecule has 2 aliphatic heterocycles. The van der Waals surface area contributed by atoms with Crippen molar-refractivity contribution in [1.29, 1.82) is 0 Å². The number of ether oxygens (including phenoxy) is 1. The molecule has 36 heavy (non-hydrogen) atoms. The summed E-state index contributed by atoms with van der Waals surface area (Å²) in [6.45, 7) is 6.07. The number of aromatic nitrogens is 1. The zero-order valence-electron chi connectivity index (χ0n) is 20.3. The molecule has 0 amide bonds. The average Bonchev–Trinajstić information content (AvgIpc) is 3.24. The van der Waals surface area contributed by atoms with Gasteiger partial charge in [-0.3, -0.25) is 15.1 Å². The molecule has 182 valence electrons. The van der Waals surface area contributed by atoms with Crippen LogP contribution < -0.4 is 16.0 Å². The number of anilines is 1. The quantitative estimate of drug-likeness (QED) is 0.191. The second-order valence-electron chi connectivity index (χ2n) is 9.53. The van der Waals surface area contributed by atoms with Gasteiger partial charge in [0.15, 0.2) is 12.0 Å². The molecule has 0 saturated heterocycles. The Morgan fingerprint density at radius 2 is 1.89 bits per heavy atom. The first kappa shape index (κ1) is 23.4. The highest BCUT2D eigenvalue weighted by Crippen LogP contribution is 2.44. The fourth-order valence-electron chi connectivity index (χ4n) is 4.71. The van der Waals surface area contributed by atoms with Crippen LogP contribution in [0.2, 0.25) is 0 Å². The summed E-state index contributed by atoms with van der Waals surface area (Å²) in [7, 11) is 0. The lowest BCUT2D eigenvalue weighted by Crippen LogP contribution is -2.62. The number of azide groups is 1. The van der Waals surface area contributed by atoms with Crippen LogP contribution in [0.15, 0.2) is 89.6 Å². The number of pyridine rings is 1. The highest BCUT2D eigenvalue weighted by Gasteiger charge is 2.49. The summed E-state index contributed by atoms with van der Waals surface area (Å²) in [5.74, 6) is 0.104. The number of Topliss-reactive ketones (excluding diaryl/α,β-unsaturated/α-hetero) is 1. The van der Waals surface area contributed by atoms with Crippen molar-refractivity contribution >= 4 is 17.2 Å². The van der Waals surface area contributed by atoms with Gasteiger partial charge in [-0.1, -0.05) is 59.2 Å². The van der Waals surface area contributed by atoms with E-state index in [0.717, 1.165) is 22.4 Å². The Labute approximate surface area is 209 Å². The van der Waals surface area contributed by atoms with Crippen LogP contribution in [0.3, 0.4) is 0 Å². The summed E-state index contributed by atoms with van der Waals surface area (Å²) in [5, 5.41) is 14.2. The lowest BCUT2D eigenvalue weighted by atomic mass is 9.82. The molecule has 3 N–H and O–H groups in total. The molecule has 2 aliphatic rings. The first-order valence-corrected chi connectivity index (χ1v) is 11.7. The summed E-state index contributed by atoms with van der Waals surface area (Å²) in [5.41, 5.74) is 13.0. The van der Waals surface area contributed by atoms with Gasteiger partial charge in [0.2, 0.25) is 5.78 Å². The molecule has 3 unspecified atom stereocenters. The van der Waals surface area contributed by atoms with E-state index in [0.29, 0.717) is 17.1 Å². The maximum absolute atomic E-state index is 13.8. The van der Waals surface area contributed by atoms with Crippen molar-refractivity contribution < 1.29 is 9.53 Å². The highest BCUT2D eigenvalue weighted by molar-refractivity contribution is 6.01.